The van der Waals surface area contributed by atoms with Crippen LogP contribution in [0.25, 0.3) is 15.3 Å². The molecule has 4 aromatic rings. The van der Waals surface area contributed by atoms with Crippen LogP contribution in [0.1, 0.15) is 29.2 Å². The fourth-order valence-electron chi connectivity index (χ4n) is 4.01. The minimum absolute atomic E-state index is 0.0624. The van der Waals surface area contributed by atoms with Crippen molar-refractivity contribution in [3.63, 3.8) is 0 Å². The summed E-state index contributed by atoms with van der Waals surface area (Å²) in [5.74, 6) is 1.83. The molecule has 5 rings (SSSR count). The zero-order valence-electron chi connectivity index (χ0n) is 16.8. The molecule has 1 N–H and O–H groups in total. The average molecular weight is 420 g/mol. The number of aromatic nitrogens is 3. The van der Waals surface area contributed by atoms with E-state index in [2.05, 4.69) is 5.32 Å². The minimum atomic E-state index is -0.169. The van der Waals surface area contributed by atoms with E-state index < -0.39 is 0 Å². The van der Waals surface area contributed by atoms with E-state index in [4.69, 9.17) is 19.6 Å². The molecule has 1 aliphatic heterocycles. The van der Waals surface area contributed by atoms with Crippen LogP contribution in [0.3, 0.4) is 0 Å². The SMILES string of the molecule is COc1ccc([C@H]2CC(=O)Nc3c2c(C)nn3-c2nc3ccccc3s2)c(OC)c1. The average Bonchev–Trinajstić information content (AvgIpc) is 3.33. The van der Waals surface area contributed by atoms with E-state index in [1.54, 1.807) is 30.2 Å². The van der Waals surface area contributed by atoms with Gasteiger partial charge in [-0.1, -0.05) is 29.5 Å². The Morgan fingerprint density at radius 1 is 1.17 bits per heavy atom. The van der Waals surface area contributed by atoms with Gasteiger partial charge in [0, 0.05) is 29.5 Å². The highest BCUT2D eigenvalue weighted by molar-refractivity contribution is 7.20. The Morgan fingerprint density at radius 2 is 2.00 bits per heavy atom. The van der Waals surface area contributed by atoms with Crippen molar-refractivity contribution in [3.05, 3.63) is 59.3 Å². The number of ether oxygens (including phenoxy) is 2. The number of carbonyl (C=O) groups excluding carboxylic acids is 1. The highest BCUT2D eigenvalue weighted by Crippen LogP contribution is 2.44. The Hall–Kier alpha value is -3.39. The van der Waals surface area contributed by atoms with Crippen molar-refractivity contribution in [2.75, 3.05) is 19.5 Å². The third-order valence-electron chi connectivity index (χ3n) is 5.38. The maximum atomic E-state index is 12.7. The van der Waals surface area contributed by atoms with Crippen LogP contribution < -0.4 is 14.8 Å². The number of thiazole rings is 1. The molecule has 0 saturated heterocycles. The summed E-state index contributed by atoms with van der Waals surface area (Å²) in [5.41, 5.74) is 3.68. The second-order valence-electron chi connectivity index (χ2n) is 7.14. The molecule has 2 aromatic heterocycles. The topological polar surface area (TPSA) is 78.3 Å². The minimum Gasteiger partial charge on any atom is -0.497 e. The van der Waals surface area contributed by atoms with Crippen molar-refractivity contribution in [3.8, 4) is 16.6 Å². The van der Waals surface area contributed by atoms with Gasteiger partial charge in [0.25, 0.3) is 0 Å². The molecule has 30 heavy (non-hydrogen) atoms. The summed E-state index contributed by atoms with van der Waals surface area (Å²) < 4.78 is 13.8. The second kappa shape index (κ2) is 7.14. The van der Waals surface area contributed by atoms with Gasteiger partial charge >= 0.3 is 0 Å². The lowest BCUT2D eigenvalue weighted by Crippen LogP contribution is -2.25. The van der Waals surface area contributed by atoms with Crippen LogP contribution in [-0.2, 0) is 4.79 Å². The van der Waals surface area contributed by atoms with Gasteiger partial charge in [-0.3, -0.25) is 4.79 Å². The molecule has 1 atom stereocenters. The molecular weight excluding hydrogens is 400 g/mol. The van der Waals surface area contributed by atoms with Crippen LogP contribution in [0.5, 0.6) is 11.5 Å². The number of anilines is 1. The van der Waals surface area contributed by atoms with Crippen molar-refractivity contribution in [2.24, 2.45) is 0 Å². The van der Waals surface area contributed by atoms with E-state index in [1.165, 1.54) is 0 Å². The highest BCUT2D eigenvalue weighted by Gasteiger charge is 2.34. The van der Waals surface area contributed by atoms with Crippen molar-refractivity contribution in [1.82, 2.24) is 14.8 Å². The Bertz CT molecular complexity index is 1240. The smallest absolute Gasteiger partial charge is 0.226 e. The molecule has 0 radical (unpaired) electrons. The molecule has 7 nitrogen and oxygen atoms in total. The van der Waals surface area contributed by atoms with Gasteiger partial charge in [-0.15, -0.1) is 0 Å². The van der Waals surface area contributed by atoms with Gasteiger partial charge in [0.1, 0.15) is 17.3 Å². The molecule has 8 heteroatoms. The number of methoxy groups -OCH3 is 2. The Morgan fingerprint density at radius 3 is 2.77 bits per heavy atom. The summed E-state index contributed by atoms with van der Waals surface area (Å²) in [7, 11) is 3.24. The largest absolute Gasteiger partial charge is 0.497 e. The lowest BCUT2D eigenvalue weighted by molar-refractivity contribution is -0.116. The van der Waals surface area contributed by atoms with Gasteiger partial charge in [0.2, 0.25) is 11.0 Å². The van der Waals surface area contributed by atoms with E-state index >= 15 is 0 Å². The number of aryl methyl sites for hydroxylation is 1. The maximum Gasteiger partial charge on any atom is 0.226 e. The van der Waals surface area contributed by atoms with Crippen LogP contribution >= 0.6 is 11.3 Å². The van der Waals surface area contributed by atoms with Crippen molar-refractivity contribution >= 4 is 33.3 Å². The maximum absolute atomic E-state index is 12.7. The van der Waals surface area contributed by atoms with E-state index in [9.17, 15) is 4.79 Å². The fourth-order valence-corrected chi connectivity index (χ4v) is 4.93. The van der Waals surface area contributed by atoms with Crippen LogP contribution in [0.4, 0.5) is 5.82 Å². The second-order valence-corrected chi connectivity index (χ2v) is 8.15. The lowest BCUT2D eigenvalue weighted by atomic mass is 9.85. The molecule has 3 heterocycles. The quantitative estimate of drug-likeness (QED) is 0.533. The number of nitrogens with zero attached hydrogens (tertiary/aromatic N) is 3. The number of para-hydroxylation sites is 1. The molecular formula is C22H20N4O3S. The van der Waals surface area contributed by atoms with E-state index in [0.717, 1.165) is 32.2 Å². The summed E-state index contributed by atoms with van der Waals surface area (Å²) in [5, 5.41) is 8.48. The standard InChI is InChI=1S/C22H20N4O3S/c1-12-20-15(14-9-8-13(28-2)10-17(14)29-3)11-19(27)24-21(20)26(25-12)22-23-16-6-4-5-7-18(16)30-22/h4-10,15H,11H2,1-3H3,(H,24,27)/t15-/m1/s1. The number of amides is 1. The van der Waals surface area contributed by atoms with Gasteiger partial charge in [0.15, 0.2) is 0 Å². The third kappa shape index (κ3) is 2.91. The number of carbonyl (C=O) groups is 1. The molecule has 152 valence electrons. The molecule has 0 aliphatic carbocycles. The summed E-state index contributed by atoms with van der Waals surface area (Å²) in [6.45, 7) is 1.96. The summed E-state index contributed by atoms with van der Waals surface area (Å²) in [6.07, 6.45) is 0.321. The Balaban J connectivity index is 1.67. The first-order chi connectivity index (χ1) is 14.6. The predicted molar refractivity (Wildman–Crippen MR) is 116 cm³/mol. The molecule has 1 aliphatic rings. The fraction of sp³-hybridized carbons (Fsp3) is 0.227. The van der Waals surface area contributed by atoms with Gasteiger partial charge < -0.3 is 14.8 Å². The van der Waals surface area contributed by atoms with E-state index in [0.29, 0.717) is 23.7 Å². The number of nitrogens with one attached hydrogen (secondary N) is 1. The number of fused-ring (bicyclic) bond motifs is 2. The first kappa shape index (κ1) is 18.6. The lowest BCUT2D eigenvalue weighted by Gasteiger charge is -2.25. The van der Waals surface area contributed by atoms with Crippen molar-refractivity contribution in [2.45, 2.75) is 19.3 Å². The van der Waals surface area contributed by atoms with Crippen molar-refractivity contribution < 1.29 is 14.3 Å². The molecule has 0 bridgehead atoms. The highest BCUT2D eigenvalue weighted by atomic mass is 32.1. The zero-order valence-corrected chi connectivity index (χ0v) is 17.6. The number of hydrogen-bond acceptors (Lipinski definition) is 6. The van der Waals surface area contributed by atoms with E-state index in [1.807, 2.05) is 49.4 Å². The molecule has 1 amide bonds. The molecule has 0 spiro atoms. The van der Waals surface area contributed by atoms with Gasteiger partial charge in [-0.25, -0.2) is 4.98 Å². The summed E-state index contributed by atoms with van der Waals surface area (Å²) in [6, 6.07) is 13.6. The number of benzene rings is 2. The van der Waals surface area contributed by atoms with Crippen LogP contribution in [-0.4, -0.2) is 34.9 Å². The molecule has 0 unspecified atom stereocenters. The third-order valence-corrected chi connectivity index (χ3v) is 6.39. The van der Waals surface area contributed by atoms with Crippen LogP contribution in [0, 0.1) is 6.92 Å². The normalized spacial score (nSPS) is 15.7. The van der Waals surface area contributed by atoms with Crippen LogP contribution in [0.2, 0.25) is 0 Å². The molecule has 0 saturated carbocycles. The van der Waals surface area contributed by atoms with Crippen LogP contribution in [0.15, 0.2) is 42.5 Å². The monoisotopic (exact) mass is 420 g/mol. The van der Waals surface area contributed by atoms with E-state index in [-0.39, 0.29) is 11.8 Å². The predicted octanol–water partition coefficient (Wildman–Crippen LogP) is 4.28. The molecule has 2 aromatic carbocycles. The van der Waals surface area contributed by atoms with Crippen molar-refractivity contribution in [1.29, 1.82) is 0 Å². The van der Waals surface area contributed by atoms with Gasteiger partial charge in [0.05, 0.1) is 30.1 Å². The van der Waals surface area contributed by atoms with Gasteiger partial charge in [-0.2, -0.15) is 9.78 Å². The van der Waals surface area contributed by atoms with Gasteiger partial charge in [-0.05, 0) is 25.1 Å². The first-order valence-electron chi connectivity index (χ1n) is 9.56. The zero-order chi connectivity index (χ0) is 20.8. The number of rotatable bonds is 4. The Labute approximate surface area is 177 Å². The summed E-state index contributed by atoms with van der Waals surface area (Å²) >= 11 is 1.54. The first-order valence-corrected chi connectivity index (χ1v) is 10.4. The number of hydrogen-bond donors (Lipinski definition) is 1. The molecule has 0 fully saturated rings. The Kier molecular flexibility index (Phi) is 4.43. The summed E-state index contributed by atoms with van der Waals surface area (Å²) in [4.78, 5) is 17.4.